The Morgan fingerprint density at radius 3 is 2.68 bits per heavy atom. The van der Waals surface area contributed by atoms with Crippen molar-refractivity contribution in [3.63, 3.8) is 0 Å². The molecular weight excluding hydrogens is 475 g/mol. The first-order chi connectivity index (χ1) is 12.0. The fourth-order valence-electron chi connectivity index (χ4n) is 2.09. The molecule has 25 heavy (non-hydrogen) atoms. The van der Waals surface area contributed by atoms with Gasteiger partial charge in [0.15, 0.2) is 6.61 Å². The lowest BCUT2D eigenvalue weighted by molar-refractivity contribution is -0.118. The van der Waals surface area contributed by atoms with Gasteiger partial charge >= 0.3 is 0 Å². The molecule has 0 aliphatic carbocycles. The van der Waals surface area contributed by atoms with E-state index in [1.807, 2.05) is 18.2 Å². The molecule has 3 rings (SSSR count). The van der Waals surface area contributed by atoms with Crippen LogP contribution in [0.15, 0.2) is 58.0 Å². The number of hydrogen-bond donors (Lipinski definition) is 1. The number of halogens is 3. The first-order valence-corrected chi connectivity index (χ1v) is 9.02. The lowest BCUT2D eigenvalue weighted by Gasteiger charge is -2.13. The highest BCUT2D eigenvalue weighted by atomic mass is 79.9. The fourth-order valence-corrected chi connectivity index (χ4v) is 3.48. The highest BCUT2D eigenvalue weighted by Crippen LogP contribution is 2.33. The minimum Gasteiger partial charge on any atom is -0.481 e. The quantitative estimate of drug-likeness (QED) is 0.578. The molecule has 1 heterocycles. The molecule has 1 N–H and O–H groups in total. The Balaban J connectivity index is 1.74. The molecule has 3 aromatic rings. The monoisotopic (exact) mass is 484 g/mol. The molecule has 0 bridgehead atoms. The van der Waals surface area contributed by atoms with Crippen LogP contribution in [0.3, 0.4) is 0 Å². The number of nitrogens with one attached hydrogen (secondary N) is 1. The first-order valence-electron chi connectivity index (χ1n) is 7.06. The van der Waals surface area contributed by atoms with Crippen LogP contribution in [0.25, 0.3) is 5.69 Å². The van der Waals surface area contributed by atoms with E-state index < -0.39 is 0 Å². The van der Waals surface area contributed by atoms with Gasteiger partial charge in [-0.05, 0) is 62.2 Å². The minimum atomic E-state index is -0.328. The Kier molecular flexibility index (Phi) is 5.72. The lowest BCUT2D eigenvalue weighted by atomic mass is 10.2. The fraction of sp³-hybridized carbons (Fsp3) is 0.0625. The molecule has 0 radical (unpaired) electrons. The summed E-state index contributed by atoms with van der Waals surface area (Å²) in [5, 5.41) is 7.34. The van der Waals surface area contributed by atoms with Crippen LogP contribution in [0, 0.1) is 0 Å². The van der Waals surface area contributed by atoms with Crippen molar-refractivity contribution in [2.45, 2.75) is 0 Å². The Morgan fingerprint density at radius 1 is 1.24 bits per heavy atom. The summed E-state index contributed by atoms with van der Waals surface area (Å²) in [7, 11) is 0. The third-order valence-corrected chi connectivity index (χ3v) is 4.65. The van der Waals surface area contributed by atoms with Crippen molar-refractivity contribution in [2.75, 3.05) is 11.9 Å². The average molecular weight is 487 g/mol. The predicted octanol–water partition coefficient (Wildman–Crippen LogP) is 4.46. The van der Waals surface area contributed by atoms with Crippen molar-refractivity contribution in [1.82, 2.24) is 14.8 Å². The van der Waals surface area contributed by atoms with Crippen molar-refractivity contribution in [3.05, 3.63) is 63.0 Å². The molecule has 9 heteroatoms. The Labute approximate surface area is 165 Å². The maximum absolute atomic E-state index is 12.3. The summed E-state index contributed by atoms with van der Waals surface area (Å²) in [5.41, 5.74) is 1.16. The van der Waals surface area contributed by atoms with Crippen LogP contribution in [0.4, 0.5) is 5.69 Å². The van der Waals surface area contributed by atoms with Crippen LogP contribution in [0.1, 0.15) is 0 Å². The molecule has 128 valence electrons. The van der Waals surface area contributed by atoms with Crippen molar-refractivity contribution < 1.29 is 9.53 Å². The highest BCUT2D eigenvalue weighted by molar-refractivity contribution is 9.11. The van der Waals surface area contributed by atoms with E-state index in [4.69, 9.17) is 16.3 Å². The minimum absolute atomic E-state index is 0.162. The molecule has 0 saturated carbocycles. The number of aromatic nitrogens is 3. The maximum Gasteiger partial charge on any atom is 0.262 e. The summed E-state index contributed by atoms with van der Waals surface area (Å²) in [6.07, 6.45) is 2.95. The molecule has 6 nitrogen and oxygen atoms in total. The third kappa shape index (κ3) is 4.39. The number of carbonyl (C=O) groups excluding carboxylic acids is 1. The van der Waals surface area contributed by atoms with Gasteiger partial charge in [-0.25, -0.2) is 9.67 Å². The van der Waals surface area contributed by atoms with Gasteiger partial charge in [-0.1, -0.05) is 17.7 Å². The van der Waals surface area contributed by atoms with Gasteiger partial charge in [0.1, 0.15) is 18.4 Å². The summed E-state index contributed by atoms with van der Waals surface area (Å²) in [4.78, 5) is 16.2. The second-order valence-corrected chi connectivity index (χ2v) is 7.03. The maximum atomic E-state index is 12.3. The van der Waals surface area contributed by atoms with Gasteiger partial charge in [-0.3, -0.25) is 4.79 Å². The van der Waals surface area contributed by atoms with Gasteiger partial charge in [0.25, 0.3) is 5.91 Å². The van der Waals surface area contributed by atoms with E-state index in [2.05, 4.69) is 47.3 Å². The first kappa shape index (κ1) is 17.9. The second kappa shape index (κ2) is 7.99. The molecule has 0 saturated heterocycles. The summed E-state index contributed by atoms with van der Waals surface area (Å²) in [5.74, 6) is 0.228. The number of anilines is 1. The molecular formula is C16H11Br2ClN4O2. The molecule has 0 atom stereocenters. The molecule has 0 aliphatic rings. The van der Waals surface area contributed by atoms with Gasteiger partial charge < -0.3 is 10.1 Å². The molecule has 0 fully saturated rings. The molecule has 1 aromatic heterocycles. The van der Waals surface area contributed by atoms with Crippen molar-refractivity contribution in [1.29, 1.82) is 0 Å². The van der Waals surface area contributed by atoms with E-state index >= 15 is 0 Å². The van der Waals surface area contributed by atoms with Gasteiger partial charge in [-0.15, -0.1) is 0 Å². The zero-order valence-electron chi connectivity index (χ0n) is 12.6. The summed E-state index contributed by atoms with van der Waals surface area (Å²) in [6.45, 7) is -0.162. The summed E-state index contributed by atoms with van der Waals surface area (Å²) in [6, 6.07) is 10.6. The summed E-state index contributed by atoms with van der Waals surface area (Å²) >= 11 is 12.8. The molecule has 0 unspecified atom stereocenters. The smallest absolute Gasteiger partial charge is 0.262 e. The number of benzene rings is 2. The molecule has 0 spiro atoms. The Hall–Kier alpha value is -1.90. The number of rotatable bonds is 5. The number of hydrogen-bond acceptors (Lipinski definition) is 4. The molecule has 0 aliphatic heterocycles. The number of nitrogens with zero attached hydrogens (tertiary/aromatic N) is 3. The van der Waals surface area contributed by atoms with E-state index in [-0.39, 0.29) is 12.5 Å². The zero-order chi connectivity index (χ0) is 17.8. The SMILES string of the molecule is O=C(COc1c(Br)cccc1Br)Nc1cc(Cl)ccc1-n1cncn1. The standard InChI is InChI=1S/C16H11Br2ClN4O2/c17-11-2-1-3-12(18)16(11)25-7-15(24)22-13-6-10(19)4-5-14(13)23-9-20-8-21-23/h1-6,8-9H,7H2,(H,22,24). The van der Waals surface area contributed by atoms with Crippen molar-refractivity contribution in [3.8, 4) is 11.4 Å². The van der Waals surface area contributed by atoms with Crippen LogP contribution in [0.2, 0.25) is 5.02 Å². The van der Waals surface area contributed by atoms with E-state index in [0.29, 0.717) is 22.1 Å². The van der Waals surface area contributed by atoms with Gasteiger partial charge in [0, 0.05) is 5.02 Å². The molecule has 1 amide bonds. The van der Waals surface area contributed by atoms with Crippen LogP contribution in [-0.2, 0) is 4.79 Å². The van der Waals surface area contributed by atoms with Crippen LogP contribution in [0.5, 0.6) is 5.75 Å². The lowest BCUT2D eigenvalue weighted by Crippen LogP contribution is -2.21. The summed E-state index contributed by atoms with van der Waals surface area (Å²) < 4.78 is 8.63. The third-order valence-electron chi connectivity index (χ3n) is 3.16. The van der Waals surface area contributed by atoms with E-state index in [1.54, 1.807) is 18.2 Å². The van der Waals surface area contributed by atoms with E-state index in [1.165, 1.54) is 17.3 Å². The van der Waals surface area contributed by atoms with Gasteiger partial charge in [-0.2, -0.15) is 5.10 Å². The zero-order valence-corrected chi connectivity index (χ0v) is 16.5. The number of ether oxygens (including phenoxy) is 1. The van der Waals surface area contributed by atoms with Gasteiger partial charge in [0.2, 0.25) is 0 Å². The Morgan fingerprint density at radius 2 is 2.00 bits per heavy atom. The number of para-hydroxylation sites is 1. The van der Waals surface area contributed by atoms with Crippen molar-refractivity contribution >= 4 is 55.1 Å². The van der Waals surface area contributed by atoms with E-state index in [0.717, 1.165) is 8.95 Å². The topological polar surface area (TPSA) is 69.0 Å². The second-order valence-electron chi connectivity index (χ2n) is 4.89. The van der Waals surface area contributed by atoms with Crippen LogP contribution in [-0.4, -0.2) is 27.3 Å². The average Bonchev–Trinajstić information content (AvgIpc) is 3.09. The molecule has 2 aromatic carbocycles. The van der Waals surface area contributed by atoms with E-state index in [9.17, 15) is 4.79 Å². The van der Waals surface area contributed by atoms with Crippen LogP contribution >= 0.6 is 43.5 Å². The highest BCUT2D eigenvalue weighted by Gasteiger charge is 2.12. The normalized spacial score (nSPS) is 10.5. The van der Waals surface area contributed by atoms with Crippen LogP contribution < -0.4 is 10.1 Å². The Bertz CT molecular complexity index is 883. The predicted molar refractivity (Wildman–Crippen MR) is 102 cm³/mol. The largest absolute Gasteiger partial charge is 0.481 e. The van der Waals surface area contributed by atoms with Gasteiger partial charge in [0.05, 0.1) is 20.3 Å². The number of amides is 1. The number of carbonyl (C=O) groups is 1. The van der Waals surface area contributed by atoms with Crippen molar-refractivity contribution in [2.24, 2.45) is 0 Å².